The van der Waals surface area contributed by atoms with Crippen LogP contribution in [0.2, 0.25) is 0 Å². The molecule has 2 aromatic rings. The molecule has 0 saturated carbocycles. The summed E-state index contributed by atoms with van der Waals surface area (Å²) in [4.78, 5) is 38.1. The van der Waals surface area contributed by atoms with Crippen LogP contribution in [0.1, 0.15) is 64.1 Å². The molecule has 4 nitrogen and oxygen atoms in total. The molecule has 27 heavy (non-hydrogen) atoms. The monoisotopic (exact) mass is 362 g/mol. The molecule has 0 unspecified atom stereocenters. The topological polar surface area (TPSA) is 60.4 Å². The molecule has 0 bridgehead atoms. The van der Waals surface area contributed by atoms with Gasteiger partial charge in [0, 0.05) is 16.7 Å². The van der Waals surface area contributed by atoms with Gasteiger partial charge in [0.1, 0.15) is 12.2 Å². The number of carbonyl (C=O) groups is 3. The van der Waals surface area contributed by atoms with Gasteiger partial charge in [-0.15, -0.1) is 0 Å². The lowest BCUT2D eigenvalue weighted by atomic mass is 9.83. The Morgan fingerprint density at radius 3 is 2.22 bits per heavy atom. The fraction of sp³-hybridized carbons (Fsp3) is 0.261. The number of hydrogen-bond acceptors (Lipinski definition) is 4. The van der Waals surface area contributed by atoms with Crippen molar-refractivity contribution in [3.8, 4) is 0 Å². The molecule has 0 aromatic heterocycles. The van der Waals surface area contributed by atoms with E-state index in [-0.39, 0.29) is 35.0 Å². The van der Waals surface area contributed by atoms with Gasteiger partial charge in [-0.05, 0) is 37.0 Å². The fourth-order valence-corrected chi connectivity index (χ4v) is 3.08. The Balaban J connectivity index is 1.87. The van der Waals surface area contributed by atoms with E-state index >= 15 is 0 Å². The third kappa shape index (κ3) is 3.61. The lowest BCUT2D eigenvalue weighted by Crippen LogP contribution is -2.27. The quantitative estimate of drug-likeness (QED) is 0.591. The standard InChI is InChI=1S/C23H22O4/c1-13(2)17-9-10-18-19(11-17)21(24)15(4)20(22(18)25)23(26)27-12-16-7-5-14(3)6-8-16/h5-11,13H,12H2,1-4H3. The maximum atomic E-state index is 12.8. The molecule has 0 amide bonds. The molecule has 0 radical (unpaired) electrons. The lowest BCUT2D eigenvalue weighted by molar-refractivity contribution is -0.139. The van der Waals surface area contributed by atoms with Gasteiger partial charge in [0.05, 0.1) is 0 Å². The minimum Gasteiger partial charge on any atom is -0.457 e. The fourth-order valence-electron chi connectivity index (χ4n) is 3.08. The van der Waals surface area contributed by atoms with E-state index < -0.39 is 11.8 Å². The Bertz CT molecular complexity index is 962. The summed E-state index contributed by atoms with van der Waals surface area (Å²) in [6, 6.07) is 12.8. The number of ether oxygens (including phenoxy) is 1. The smallest absolute Gasteiger partial charge is 0.342 e. The first kappa shape index (κ1) is 18.8. The van der Waals surface area contributed by atoms with Crippen LogP contribution in [-0.2, 0) is 16.1 Å². The van der Waals surface area contributed by atoms with Crippen LogP contribution in [0, 0.1) is 6.92 Å². The van der Waals surface area contributed by atoms with Gasteiger partial charge in [-0.1, -0.05) is 55.8 Å². The molecule has 0 atom stereocenters. The Labute approximate surface area is 158 Å². The molecule has 0 fully saturated rings. The Hall–Kier alpha value is -3.01. The summed E-state index contributed by atoms with van der Waals surface area (Å²) in [5, 5.41) is 0. The number of fused-ring (bicyclic) bond motifs is 1. The van der Waals surface area contributed by atoms with Crippen molar-refractivity contribution in [2.75, 3.05) is 0 Å². The molecule has 2 aromatic carbocycles. The van der Waals surface area contributed by atoms with Crippen LogP contribution >= 0.6 is 0 Å². The van der Waals surface area contributed by atoms with Crippen LogP contribution in [0.5, 0.6) is 0 Å². The predicted molar refractivity (Wildman–Crippen MR) is 103 cm³/mol. The van der Waals surface area contributed by atoms with Crippen molar-refractivity contribution in [2.45, 2.75) is 40.2 Å². The molecular formula is C23H22O4. The third-order valence-electron chi connectivity index (χ3n) is 4.84. The Kier molecular flexibility index (Phi) is 5.08. The number of allylic oxidation sites excluding steroid dienone is 1. The molecule has 0 spiro atoms. The van der Waals surface area contributed by atoms with E-state index in [1.807, 2.05) is 51.1 Å². The second kappa shape index (κ2) is 7.31. The first-order valence-electron chi connectivity index (χ1n) is 8.96. The molecule has 1 aliphatic rings. The SMILES string of the molecule is CC1=C(C(=O)OCc2ccc(C)cc2)C(=O)c2ccc(C(C)C)cc2C1=O. The summed E-state index contributed by atoms with van der Waals surface area (Å²) in [6.45, 7) is 7.57. The van der Waals surface area contributed by atoms with Crippen molar-refractivity contribution in [3.63, 3.8) is 0 Å². The Morgan fingerprint density at radius 2 is 1.59 bits per heavy atom. The van der Waals surface area contributed by atoms with Gasteiger partial charge in [-0.3, -0.25) is 9.59 Å². The van der Waals surface area contributed by atoms with E-state index in [1.54, 1.807) is 12.1 Å². The predicted octanol–water partition coefficient (Wildman–Crippen LogP) is 4.56. The lowest BCUT2D eigenvalue weighted by Gasteiger charge is -2.19. The number of esters is 1. The van der Waals surface area contributed by atoms with Crippen molar-refractivity contribution in [3.05, 3.63) is 81.4 Å². The van der Waals surface area contributed by atoms with Gasteiger partial charge < -0.3 is 4.74 Å². The zero-order valence-electron chi connectivity index (χ0n) is 16.0. The molecule has 138 valence electrons. The van der Waals surface area contributed by atoms with Gasteiger partial charge in [0.15, 0.2) is 5.78 Å². The average molecular weight is 362 g/mol. The molecule has 0 saturated heterocycles. The maximum Gasteiger partial charge on any atom is 0.342 e. The van der Waals surface area contributed by atoms with E-state index in [9.17, 15) is 14.4 Å². The van der Waals surface area contributed by atoms with Gasteiger partial charge in [-0.2, -0.15) is 0 Å². The molecular weight excluding hydrogens is 340 g/mol. The molecule has 3 rings (SSSR count). The summed E-state index contributed by atoms with van der Waals surface area (Å²) in [5.41, 5.74) is 3.50. The molecule has 4 heteroatoms. The second-order valence-electron chi connectivity index (χ2n) is 7.18. The van der Waals surface area contributed by atoms with E-state index in [1.165, 1.54) is 6.92 Å². The largest absolute Gasteiger partial charge is 0.457 e. The summed E-state index contributed by atoms with van der Waals surface area (Å²) in [6.07, 6.45) is 0. The first-order chi connectivity index (χ1) is 12.8. The highest BCUT2D eigenvalue weighted by Gasteiger charge is 2.34. The van der Waals surface area contributed by atoms with Gasteiger partial charge in [-0.25, -0.2) is 4.79 Å². The summed E-state index contributed by atoms with van der Waals surface area (Å²) < 4.78 is 5.30. The number of aryl methyl sites for hydroxylation is 1. The van der Waals surface area contributed by atoms with Crippen LogP contribution in [0.3, 0.4) is 0 Å². The average Bonchev–Trinajstić information content (AvgIpc) is 2.65. The van der Waals surface area contributed by atoms with Crippen molar-refractivity contribution in [2.24, 2.45) is 0 Å². The van der Waals surface area contributed by atoms with Crippen LogP contribution in [0.25, 0.3) is 0 Å². The Morgan fingerprint density at radius 1 is 0.926 bits per heavy atom. The first-order valence-corrected chi connectivity index (χ1v) is 8.96. The highest BCUT2D eigenvalue weighted by molar-refractivity contribution is 6.35. The number of rotatable bonds is 4. The maximum absolute atomic E-state index is 12.8. The summed E-state index contributed by atoms with van der Waals surface area (Å²) >= 11 is 0. The number of Topliss-reactive ketones (excluding diaryl/α,β-unsaturated/α-hetero) is 2. The minimum atomic E-state index is -0.759. The zero-order chi connectivity index (χ0) is 19.7. The van der Waals surface area contributed by atoms with E-state index in [0.717, 1.165) is 16.7 Å². The molecule has 0 aliphatic heterocycles. The van der Waals surface area contributed by atoms with Crippen LogP contribution in [0.15, 0.2) is 53.6 Å². The van der Waals surface area contributed by atoms with Gasteiger partial charge in [0.25, 0.3) is 0 Å². The number of benzene rings is 2. The minimum absolute atomic E-state index is 0.0521. The van der Waals surface area contributed by atoms with E-state index in [4.69, 9.17) is 4.74 Å². The van der Waals surface area contributed by atoms with E-state index in [2.05, 4.69) is 0 Å². The molecule has 0 N–H and O–H groups in total. The highest BCUT2D eigenvalue weighted by atomic mass is 16.5. The number of carbonyl (C=O) groups excluding carboxylic acids is 3. The molecule has 0 heterocycles. The zero-order valence-corrected chi connectivity index (χ0v) is 16.0. The second-order valence-corrected chi connectivity index (χ2v) is 7.18. The van der Waals surface area contributed by atoms with Crippen molar-refractivity contribution in [1.29, 1.82) is 0 Å². The van der Waals surface area contributed by atoms with Crippen molar-refractivity contribution >= 4 is 17.5 Å². The highest BCUT2D eigenvalue weighted by Crippen LogP contribution is 2.29. The normalized spacial score (nSPS) is 13.8. The summed E-state index contributed by atoms with van der Waals surface area (Å²) in [7, 11) is 0. The molecule has 1 aliphatic carbocycles. The van der Waals surface area contributed by atoms with Crippen LogP contribution in [-0.4, -0.2) is 17.5 Å². The van der Waals surface area contributed by atoms with Gasteiger partial charge in [0.2, 0.25) is 5.78 Å². The van der Waals surface area contributed by atoms with Crippen molar-refractivity contribution in [1.82, 2.24) is 0 Å². The van der Waals surface area contributed by atoms with Gasteiger partial charge >= 0.3 is 5.97 Å². The number of hydrogen-bond donors (Lipinski definition) is 0. The van der Waals surface area contributed by atoms with Crippen LogP contribution < -0.4 is 0 Å². The third-order valence-corrected chi connectivity index (χ3v) is 4.84. The van der Waals surface area contributed by atoms with Crippen molar-refractivity contribution < 1.29 is 19.1 Å². The number of ketones is 2. The van der Waals surface area contributed by atoms with E-state index in [0.29, 0.717) is 5.56 Å². The van der Waals surface area contributed by atoms with Crippen LogP contribution in [0.4, 0.5) is 0 Å². The summed E-state index contributed by atoms with van der Waals surface area (Å²) in [5.74, 6) is -1.27.